The molecule has 10 heteroatoms. The quantitative estimate of drug-likeness (QED) is 0.508. The Kier molecular flexibility index (Phi) is 7.39. The van der Waals surface area contributed by atoms with Crippen molar-refractivity contribution in [2.24, 2.45) is 5.41 Å². The molecule has 0 bridgehead atoms. The minimum atomic E-state index is -0.391. The van der Waals surface area contributed by atoms with Gasteiger partial charge in [0.1, 0.15) is 5.82 Å². The molecule has 1 aromatic heterocycles. The fraction of sp³-hybridized carbons (Fsp3) is 0.360. The summed E-state index contributed by atoms with van der Waals surface area (Å²) in [6.45, 7) is 8.77. The summed E-state index contributed by atoms with van der Waals surface area (Å²) in [4.78, 5) is 29.0. The molecule has 0 unspecified atom stereocenters. The summed E-state index contributed by atoms with van der Waals surface area (Å²) < 4.78 is 18.9. The van der Waals surface area contributed by atoms with Crippen LogP contribution in [0.5, 0.6) is 0 Å². The number of amides is 2. The van der Waals surface area contributed by atoms with Crippen LogP contribution in [0.15, 0.2) is 58.2 Å². The van der Waals surface area contributed by atoms with E-state index in [-0.39, 0.29) is 34.1 Å². The number of halogens is 1. The number of hydrogen-bond acceptors (Lipinski definition) is 7. The molecule has 35 heavy (non-hydrogen) atoms. The molecular weight excluding hydrogens is 469 g/mol. The number of benzene rings is 2. The Morgan fingerprint density at radius 1 is 1.06 bits per heavy atom. The number of carbonyl (C=O) groups is 2. The van der Waals surface area contributed by atoms with E-state index in [1.807, 2.05) is 49.9 Å². The average Bonchev–Trinajstić information content (AvgIpc) is 3.32. The summed E-state index contributed by atoms with van der Waals surface area (Å²) in [7, 11) is 0. The SMILES string of the molecule is CC(C)(C)C(=O)N1CCN(c2ccc(NC(=O)CSc3nnc(-c4cccc(F)c4)o3)cc2)CC1. The normalized spacial score (nSPS) is 14.2. The van der Waals surface area contributed by atoms with Gasteiger partial charge in [0.25, 0.3) is 5.22 Å². The Balaban J connectivity index is 1.25. The summed E-state index contributed by atoms with van der Waals surface area (Å²) in [6.07, 6.45) is 0. The van der Waals surface area contributed by atoms with Crippen molar-refractivity contribution in [2.45, 2.75) is 26.0 Å². The van der Waals surface area contributed by atoms with Crippen LogP contribution in [-0.2, 0) is 9.59 Å². The van der Waals surface area contributed by atoms with E-state index in [2.05, 4.69) is 20.4 Å². The smallest absolute Gasteiger partial charge is 0.277 e. The van der Waals surface area contributed by atoms with Crippen LogP contribution in [-0.4, -0.2) is 58.8 Å². The molecule has 0 aliphatic carbocycles. The number of hydrogen-bond donors (Lipinski definition) is 1. The lowest BCUT2D eigenvalue weighted by Crippen LogP contribution is -2.51. The van der Waals surface area contributed by atoms with Crippen molar-refractivity contribution < 1.29 is 18.4 Å². The number of carbonyl (C=O) groups excluding carboxylic acids is 2. The van der Waals surface area contributed by atoms with E-state index in [9.17, 15) is 14.0 Å². The first-order valence-electron chi connectivity index (χ1n) is 11.4. The van der Waals surface area contributed by atoms with Crippen molar-refractivity contribution in [3.05, 3.63) is 54.3 Å². The second-order valence-electron chi connectivity index (χ2n) is 9.30. The van der Waals surface area contributed by atoms with E-state index < -0.39 is 5.82 Å². The van der Waals surface area contributed by atoms with Crippen LogP contribution >= 0.6 is 11.8 Å². The first kappa shape index (κ1) is 24.7. The predicted molar refractivity (Wildman–Crippen MR) is 134 cm³/mol. The highest BCUT2D eigenvalue weighted by Crippen LogP contribution is 2.25. The van der Waals surface area contributed by atoms with E-state index in [0.717, 1.165) is 30.5 Å². The average molecular weight is 498 g/mol. The second-order valence-corrected chi connectivity index (χ2v) is 10.2. The van der Waals surface area contributed by atoms with E-state index in [1.165, 1.54) is 12.1 Å². The van der Waals surface area contributed by atoms with Crippen molar-refractivity contribution in [2.75, 3.05) is 42.1 Å². The van der Waals surface area contributed by atoms with E-state index in [1.54, 1.807) is 12.1 Å². The second kappa shape index (κ2) is 10.5. The van der Waals surface area contributed by atoms with Crippen LogP contribution in [0, 0.1) is 11.2 Å². The van der Waals surface area contributed by atoms with Gasteiger partial charge in [0, 0.05) is 48.5 Å². The molecule has 2 heterocycles. The Morgan fingerprint density at radius 3 is 2.43 bits per heavy atom. The van der Waals surface area contributed by atoms with Gasteiger partial charge in [-0.1, -0.05) is 38.6 Å². The number of nitrogens with one attached hydrogen (secondary N) is 1. The largest absolute Gasteiger partial charge is 0.411 e. The molecule has 0 atom stereocenters. The Labute approximate surface area is 207 Å². The maximum Gasteiger partial charge on any atom is 0.277 e. The molecule has 184 valence electrons. The number of aromatic nitrogens is 2. The number of anilines is 2. The van der Waals surface area contributed by atoms with Crippen LogP contribution in [0.3, 0.4) is 0 Å². The number of thioether (sulfide) groups is 1. The molecule has 2 amide bonds. The van der Waals surface area contributed by atoms with Crippen LogP contribution in [0.1, 0.15) is 20.8 Å². The molecule has 1 aliphatic rings. The zero-order valence-electron chi connectivity index (χ0n) is 20.0. The van der Waals surface area contributed by atoms with Crippen molar-refractivity contribution >= 4 is 35.0 Å². The first-order valence-corrected chi connectivity index (χ1v) is 12.3. The van der Waals surface area contributed by atoms with Gasteiger partial charge in [-0.15, -0.1) is 10.2 Å². The predicted octanol–water partition coefficient (Wildman–Crippen LogP) is 4.30. The van der Waals surface area contributed by atoms with E-state index in [0.29, 0.717) is 24.3 Å². The third-order valence-corrected chi connectivity index (χ3v) is 6.35. The molecule has 1 fully saturated rings. The van der Waals surface area contributed by atoms with Crippen LogP contribution in [0.4, 0.5) is 15.8 Å². The Bertz CT molecular complexity index is 1180. The molecule has 1 N–H and O–H groups in total. The molecule has 2 aromatic carbocycles. The third kappa shape index (κ3) is 6.39. The van der Waals surface area contributed by atoms with Gasteiger partial charge >= 0.3 is 0 Å². The molecule has 1 saturated heterocycles. The van der Waals surface area contributed by atoms with Gasteiger partial charge < -0.3 is 19.5 Å². The molecule has 0 saturated carbocycles. The monoisotopic (exact) mass is 497 g/mol. The summed E-state index contributed by atoms with van der Waals surface area (Å²) in [5, 5.41) is 10.9. The number of rotatable bonds is 6. The van der Waals surface area contributed by atoms with Crippen LogP contribution in [0.25, 0.3) is 11.5 Å². The lowest BCUT2D eigenvalue weighted by molar-refractivity contribution is -0.139. The zero-order valence-corrected chi connectivity index (χ0v) is 20.8. The topological polar surface area (TPSA) is 91.6 Å². The fourth-order valence-corrected chi connectivity index (χ4v) is 4.29. The van der Waals surface area contributed by atoms with Crippen molar-refractivity contribution in [1.82, 2.24) is 15.1 Å². The Morgan fingerprint density at radius 2 is 1.77 bits per heavy atom. The minimum absolute atomic E-state index is 0.0936. The van der Waals surface area contributed by atoms with Crippen LogP contribution < -0.4 is 10.2 Å². The molecule has 0 radical (unpaired) electrons. The first-order chi connectivity index (χ1) is 16.7. The zero-order chi connectivity index (χ0) is 25.0. The number of nitrogens with zero attached hydrogens (tertiary/aromatic N) is 4. The lowest BCUT2D eigenvalue weighted by Gasteiger charge is -2.38. The fourth-order valence-electron chi connectivity index (χ4n) is 3.73. The van der Waals surface area contributed by atoms with Crippen LogP contribution in [0.2, 0.25) is 0 Å². The maximum atomic E-state index is 13.4. The van der Waals surface area contributed by atoms with Gasteiger partial charge in [-0.05, 0) is 42.5 Å². The van der Waals surface area contributed by atoms with Crippen molar-refractivity contribution in [3.8, 4) is 11.5 Å². The highest BCUT2D eigenvalue weighted by atomic mass is 32.2. The minimum Gasteiger partial charge on any atom is -0.411 e. The molecule has 3 aromatic rings. The van der Waals surface area contributed by atoms with Gasteiger partial charge in [-0.2, -0.15) is 0 Å². The summed E-state index contributed by atoms with van der Waals surface area (Å²) in [6, 6.07) is 13.5. The van der Waals surface area contributed by atoms with E-state index >= 15 is 0 Å². The van der Waals surface area contributed by atoms with Gasteiger partial charge in [0.2, 0.25) is 17.7 Å². The van der Waals surface area contributed by atoms with Gasteiger partial charge in [0.05, 0.1) is 5.75 Å². The molecule has 4 rings (SSSR count). The van der Waals surface area contributed by atoms with Crippen molar-refractivity contribution in [3.63, 3.8) is 0 Å². The van der Waals surface area contributed by atoms with Gasteiger partial charge in [-0.3, -0.25) is 9.59 Å². The number of piperazine rings is 1. The summed E-state index contributed by atoms with van der Waals surface area (Å²) in [5.41, 5.74) is 1.85. The lowest BCUT2D eigenvalue weighted by atomic mass is 9.94. The van der Waals surface area contributed by atoms with E-state index in [4.69, 9.17) is 4.42 Å². The maximum absolute atomic E-state index is 13.4. The highest BCUT2D eigenvalue weighted by molar-refractivity contribution is 7.99. The highest BCUT2D eigenvalue weighted by Gasteiger charge is 2.29. The Hall–Kier alpha value is -3.40. The van der Waals surface area contributed by atoms with Gasteiger partial charge in [0.15, 0.2) is 0 Å². The van der Waals surface area contributed by atoms with Crippen molar-refractivity contribution in [1.29, 1.82) is 0 Å². The summed E-state index contributed by atoms with van der Waals surface area (Å²) >= 11 is 1.11. The van der Waals surface area contributed by atoms with Gasteiger partial charge in [-0.25, -0.2) is 4.39 Å². The summed E-state index contributed by atoms with van der Waals surface area (Å²) in [5.74, 6) is -0.123. The molecule has 1 aliphatic heterocycles. The standard InChI is InChI=1S/C25H28FN5O3S/c1-25(2,3)23(33)31-13-11-30(12-14-31)20-9-7-19(8-10-20)27-21(32)16-35-24-29-28-22(34-24)17-5-4-6-18(26)15-17/h4-10,15H,11-14,16H2,1-3H3,(H,27,32). The third-order valence-electron chi connectivity index (χ3n) is 5.53. The molecule has 0 spiro atoms. The molecular formula is C25H28FN5O3S. The molecule has 8 nitrogen and oxygen atoms in total.